The number of amides is 1. The van der Waals surface area contributed by atoms with Crippen LogP contribution in [0.5, 0.6) is 0 Å². The molecule has 0 radical (unpaired) electrons. The van der Waals surface area contributed by atoms with Crippen LogP contribution in [0, 0.1) is 19.8 Å². The van der Waals surface area contributed by atoms with Crippen molar-refractivity contribution in [3.8, 4) is 0 Å². The van der Waals surface area contributed by atoms with Crippen LogP contribution in [0.1, 0.15) is 54.6 Å². The Labute approximate surface area is 169 Å². The van der Waals surface area contributed by atoms with E-state index in [1.54, 1.807) is 0 Å². The van der Waals surface area contributed by atoms with Gasteiger partial charge in [-0.05, 0) is 38.8 Å². The molecule has 2 aromatic rings. The third-order valence-corrected chi connectivity index (χ3v) is 6.17. The van der Waals surface area contributed by atoms with Crippen molar-refractivity contribution in [1.82, 2.24) is 20.1 Å². The Hall–Kier alpha value is -2.06. The molecule has 150 valence electrons. The molecular formula is C20H27N5O2S. The van der Waals surface area contributed by atoms with E-state index in [4.69, 9.17) is 4.74 Å². The number of rotatable bonds is 4. The monoisotopic (exact) mass is 401 g/mol. The predicted octanol–water partition coefficient (Wildman–Crippen LogP) is 3.77. The number of aromatic nitrogens is 3. The minimum atomic E-state index is -0.196. The average Bonchev–Trinajstić information content (AvgIpc) is 3.12. The first-order valence-electron chi connectivity index (χ1n) is 10.0. The second-order valence-electron chi connectivity index (χ2n) is 7.65. The summed E-state index contributed by atoms with van der Waals surface area (Å²) in [6.45, 7) is 5.70. The minimum Gasteiger partial charge on any atom is -0.368 e. The van der Waals surface area contributed by atoms with Crippen molar-refractivity contribution in [3.63, 3.8) is 0 Å². The second-order valence-corrected chi connectivity index (χ2v) is 8.83. The van der Waals surface area contributed by atoms with E-state index in [2.05, 4.69) is 20.5 Å². The third-order valence-electron chi connectivity index (χ3n) is 5.41. The number of aryl methyl sites for hydroxylation is 2. The van der Waals surface area contributed by atoms with Crippen LogP contribution in [0.2, 0.25) is 0 Å². The molecule has 1 amide bonds. The van der Waals surface area contributed by atoms with Crippen molar-refractivity contribution in [2.24, 2.45) is 5.92 Å². The van der Waals surface area contributed by atoms with Crippen molar-refractivity contribution in [2.75, 3.05) is 25.0 Å². The van der Waals surface area contributed by atoms with E-state index < -0.39 is 0 Å². The number of ether oxygens (including phenoxy) is 1. The van der Waals surface area contributed by atoms with E-state index >= 15 is 0 Å². The van der Waals surface area contributed by atoms with Crippen molar-refractivity contribution in [2.45, 2.75) is 52.1 Å². The summed E-state index contributed by atoms with van der Waals surface area (Å²) in [6, 6.07) is 3.97. The normalized spacial score (nSPS) is 20.9. The lowest BCUT2D eigenvalue weighted by Gasteiger charge is -2.35. The molecule has 1 atom stereocenters. The van der Waals surface area contributed by atoms with Gasteiger partial charge in [0.2, 0.25) is 11.0 Å². The van der Waals surface area contributed by atoms with E-state index in [-0.39, 0.29) is 12.0 Å². The van der Waals surface area contributed by atoms with Crippen LogP contribution < -0.4 is 5.32 Å². The largest absolute Gasteiger partial charge is 0.368 e. The number of carbonyl (C=O) groups is 1. The number of nitrogens with zero attached hydrogens (tertiary/aromatic N) is 4. The van der Waals surface area contributed by atoms with Gasteiger partial charge in [-0.2, -0.15) is 0 Å². The molecule has 2 fully saturated rings. The third kappa shape index (κ3) is 4.50. The van der Waals surface area contributed by atoms with Gasteiger partial charge in [0.25, 0.3) is 0 Å². The Kier molecular flexibility index (Phi) is 5.87. The van der Waals surface area contributed by atoms with Crippen LogP contribution in [-0.2, 0) is 9.53 Å². The van der Waals surface area contributed by atoms with Gasteiger partial charge in [0, 0.05) is 23.8 Å². The predicted molar refractivity (Wildman–Crippen MR) is 109 cm³/mol. The van der Waals surface area contributed by atoms with Crippen LogP contribution in [0.3, 0.4) is 0 Å². The lowest BCUT2D eigenvalue weighted by atomic mass is 9.88. The molecule has 28 heavy (non-hydrogen) atoms. The van der Waals surface area contributed by atoms with Crippen molar-refractivity contribution < 1.29 is 9.53 Å². The lowest BCUT2D eigenvalue weighted by molar-refractivity contribution is -0.144. The van der Waals surface area contributed by atoms with Gasteiger partial charge < -0.3 is 15.0 Å². The Bertz CT molecular complexity index is 834. The molecule has 8 heteroatoms. The molecule has 1 unspecified atom stereocenters. The van der Waals surface area contributed by atoms with Gasteiger partial charge in [-0.1, -0.05) is 30.6 Å². The Balaban J connectivity index is 1.47. The van der Waals surface area contributed by atoms with E-state index in [1.165, 1.54) is 30.6 Å². The Morgan fingerprint density at radius 1 is 1.21 bits per heavy atom. The number of anilines is 2. The number of morpholine rings is 1. The molecule has 2 aromatic heterocycles. The number of hydrogen-bond acceptors (Lipinski definition) is 7. The molecule has 7 nitrogen and oxygen atoms in total. The van der Waals surface area contributed by atoms with E-state index in [9.17, 15) is 4.79 Å². The molecule has 1 aliphatic heterocycles. The van der Waals surface area contributed by atoms with Crippen LogP contribution >= 0.6 is 11.3 Å². The summed E-state index contributed by atoms with van der Waals surface area (Å²) in [5.41, 5.74) is 2.67. The van der Waals surface area contributed by atoms with Crippen molar-refractivity contribution >= 4 is 28.1 Å². The fourth-order valence-corrected chi connectivity index (χ4v) is 4.65. The molecule has 0 spiro atoms. The van der Waals surface area contributed by atoms with Gasteiger partial charge in [-0.3, -0.25) is 9.78 Å². The molecule has 0 aromatic carbocycles. The number of carbonyl (C=O) groups excluding carboxylic acids is 1. The summed E-state index contributed by atoms with van der Waals surface area (Å²) in [5, 5.41) is 13.1. The highest BCUT2D eigenvalue weighted by molar-refractivity contribution is 7.15. The second kappa shape index (κ2) is 8.53. The maximum absolute atomic E-state index is 12.9. The van der Waals surface area contributed by atoms with Gasteiger partial charge in [0.05, 0.1) is 18.8 Å². The van der Waals surface area contributed by atoms with Gasteiger partial charge >= 0.3 is 0 Å². The van der Waals surface area contributed by atoms with Crippen molar-refractivity contribution in [1.29, 1.82) is 0 Å². The summed E-state index contributed by atoms with van der Waals surface area (Å²) in [5.74, 6) is 0.485. The fourth-order valence-electron chi connectivity index (χ4n) is 4.04. The fraction of sp³-hybridized carbons (Fsp3) is 0.600. The minimum absolute atomic E-state index is 0.191. The molecule has 1 N–H and O–H groups in total. The molecule has 0 bridgehead atoms. The number of hydrogen-bond donors (Lipinski definition) is 1. The van der Waals surface area contributed by atoms with Crippen LogP contribution in [0.15, 0.2) is 12.1 Å². The molecule has 2 aliphatic rings. The molecule has 4 rings (SSSR count). The van der Waals surface area contributed by atoms with E-state index in [0.717, 1.165) is 40.1 Å². The first-order chi connectivity index (χ1) is 13.6. The Morgan fingerprint density at radius 3 is 2.79 bits per heavy atom. The summed E-state index contributed by atoms with van der Waals surface area (Å²) >= 11 is 1.51. The first-order valence-corrected chi connectivity index (χ1v) is 10.9. The molecule has 1 saturated heterocycles. The zero-order chi connectivity index (χ0) is 19.5. The smallest absolute Gasteiger partial charge is 0.225 e. The first kappa shape index (κ1) is 19.3. The van der Waals surface area contributed by atoms with Crippen molar-refractivity contribution in [3.05, 3.63) is 28.5 Å². The van der Waals surface area contributed by atoms with E-state index in [1.807, 2.05) is 30.9 Å². The average molecular weight is 402 g/mol. The zero-order valence-electron chi connectivity index (χ0n) is 16.5. The summed E-state index contributed by atoms with van der Waals surface area (Å²) in [4.78, 5) is 19.6. The maximum Gasteiger partial charge on any atom is 0.225 e. The summed E-state index contributed by atoms with van der Waals surface area (Å²) in [7, 11) is 0. The zero-order valence-corrected chi connectivity index (χ0v) is 17.3. The van der Waals surface area contributed by atoms with Gasteiger partial charge in [0.15, 0.2) is 0 Å². The van der Waals surface area contributed by atoms with Crippen LogP contribution in [-0.4, -0.2) is 45.7 Å². The molecule has 1 saturated carbocycles. The highest BCUT2D eigenvalue weighted by Crippen LogP contribution is 2.30. The van der Waals surface area contributed by atoms with Crippen LogP contribution in [0.25, 0.3) is 0 Å². The number of pyridine rings is 1. The Morgan fingerprint density at radius 2 is 2.04 bits per heavy atom. The van der Waals surface area contributed by atoms with Crippen LogP contribution in [0.4, 0.5) is 10.8 Å². The molecule has 3 heterocycles. The highest BCUT2D eigenvalue weighted by Gasteiger charge is 2.31. The highest BCUT2D eigenvalue weighted by atomic mass is 32.1. The van der Waals surface area contributed by atoms with E-state index in [0.29, 0.717) is 25.6 Å². The van der Waals surface area contributed by atoms with Gasteiger partial charge in [-0.25, -0.2) is 0 Å². The van der Waals surface area contributed by atoms with Gasteiger partial charge in [0.1, 0.15) is 11.1 Å². The molecule has 1 aliphatic carbocycles. The topological polar surface area (TPSA) is 80.2 Å². The summed E-state index contributed by atoms with van der Waals surface area (Å²) < 4.78 is 5.99. The maximum atomic E-state index is 12.9. The SMILES string of the molecule is Cc1cc(Nc2nnc(C)s2)cc(C2CN(C(=O)C3CCCCC3)CCO2)n1. The standard InChI is InChI=1S/C20H27N5O2S/c1-13-10-16(22-20-24-23-14(2)28-20)11-17(21-13)18-12-25(8-9-27-18)19(26)15-6-4-3-5-7-15/h10-11,15,18H,3-9,12H2,1-2H3,(H,21,22,24). The number of nitrogens with one attached hydrogen (secondary N) is 1. The quantitative estimate of drug-likeness (QED) is 0.840. The lowest BCUT2D eigenvalue weighted by Crippen LogP contribution is -2.45. The molecular weight excluding hydrogens is 374 g/mol. The van der Waals surface area contributed by atoms with Gasteiger partial charge in [-0.15, -0.1) is 10.2 Å². The summed E-state index contributed by atoms with van der Waals surface area (Å²) in [6.07, 6.45) is 5.45.